The summed E-state index contributed by atoms with van der Waals surface area (Å²) in [5.41, 5.74) is 7.38. The number of piperidine rings is 1. The number of carbonyl (C=O) groups excluding carboxylic acids is 3. The summed E-state index contributed by atoms with van der Waals surface area (Å²) in [6.45, 7) is 3.05. The summed E-state index contributed by atoms with van der Waals surface area (Å²) >= 11 is 0. The van der Waals surface area contributed by atoms with Crippen molar-refractivity contribution in [3.63, 3.8) is 0 Å². The molecule has 280 valence electrons. The highest BCUT2D eigenvalue weighted by Gasteiger charge is 2.24. The van der Waals surface area contributed by atoms with E-state index < -0.39 is 0 Å². The van der Waals surface area contributed by atoms with Gasteiger partial charge in [-0.2, -0.15) is 0 Å². The van der Waals surface area contributed by atoms with E-state index in [-0.39, 0.29) is 42.5 Å². The van der Waals surface area contributed by atoms with Crippen LogP contribution in [0.25, 0.3) is 0 Å². The number of nitrogens with zero attached hydrogens (tertiary/aromatic N) is 3. The molecule has 3 N–H and O–H groups in total. The van der Waals surface area contributed by atoms with Crippen molar-refractivity contribution >= 4 is 53.9 Å². The number of rotatable bonds is 17. The zero-order valence-corrected chi connectivity index (χ0v) is 31.7. The number of nitrogens with two attached hydrogens (primary N) is 1. The number of nitrogens with one attached hydrogen (secondary N) is 1. The number of hydrogen-bond acceptors (Lipinski definition) is 8. The van der Waals surface area contributed by atoms with Crippen LogP contribution in [-0.2, 0) is 4.79 Å². The molecular weight excluding hydrogens is 693 g/mol. The highest BCUT2D eigenvalue weighted by Crippen LogP contribution is 2.32. The molecule has 0 atom stereocenters. The van der Waals surface area contributed by atoms with E-state index in [0.717, 1.165) is 45.2 Å². The third-order valence-corrected chi connectivity index (χ3v) is 8.81. The molecule has 1 fully saturated rings. The van der Waals surface area contributed by atoms with Crippen LogP contribution < -0.4 is 30.2 Å². The Bertz CT molecular complexity index is 1550. The van der Waals surface area contributed by atoms with E-state index in [1.807, 2.05) is 29.2 Å². The predicted molar refractivity (Wildman–Crippen MR) is 207 cm³/mol. The maximum Gasteiger partial charge on any atom is 0.259 e. The molecule has 11 nitrogen and oxygen atoms in total. The minimum absolute atomic E-state index is 0. The van der Waals surface area contributed by atoms with E-state index in [0.29, 0.717) is 78.4 Å². The van der Waals surface area contributed by atoms with Crippen LogP contribution in [0.15, 0.2) is 66.7 Å². The zero-order valence-electron chi connectivity index (χ0n) is 30.1. The fourth-order valence-electron chi connectivity index (χ4n) is 5.85. The summed E-state index contributed by atoms with van der Waals surface area (Å²) in [4.78, 5) is 45.2. The van der Waals surface area contributed by atoms with Gasteiger partial charge in [-0.3, -0.25) is 14.4 Å². The SMILES string of the molecule is COc1cc(C(=O)N(C)c2ccccc2OCCCCCC(=O)N2CCC(N(C)C)CC2)ccc1NC(=O)c1ccccc1OCCCN.Cl.Cl. The van der Waals surface area contributed by atoms with E-state index in [4.69, 9.17) is 19.9 Å². The molecule has 0 saturated carbocycles. The Morgan fingerprint density at radius 3 is 2.16 bits per heavy atom. The number of halogens is 2. The molecule has 3 amide bonds. The predicted octanol–water partition coefficient (Wildman–Crippen LogP) is 6.29. The normalized spacial score (nSPS) is 12.7. The summed E-state index contributed by atoms with van der Waals surface area (Å²) in [7, 11) is 7.38. The monoisotopic (exact) mass is 745 g/mol. The maximum absolute atomic E-state index is 13.6. The Morgan fingerprint density at radius 2 is 1.47 bits per heavy atom. The fraction of sp³-hybridized carbons (Fsp3) is 0.447. The van der Waals surface area contributed by atoms with E-state index in [1.165, 1.54) is 12.0 Å². The lowest BCUT2D eigenvalue weighted by molar-refractivity contribution is -0.132. The molecular formula is C38H53Cl2N5O6. The van der Waals surface area contributed by atoms with Gasteiger partial charge in [0.2, 0.25) is 5.91 Å². The lowest BCUT2D eigenvalue weighted by Gasteiger charge is -2.35. The van der Waals surface area contributed by atoms with Crippen molar-refractivity contribution in [1.82, 2.24) is 9.80 Å². The quantitative estimate of drug-likeness (QED) is 0.155. The van der Waals surface area contributed by atoms with Crippen molar-refractivity contribution in [2.75, 3.05) is 71.3 Å². The number of methoxy groups -OCH3 is 1. The van der Waals surface area contributed by atoms with Crippen LogP contribution in [0.5, 0.6) is 17.2 Å². The lowest BCUT2D eigenvalue weighted by Crippen LogP contribution is -2.44. The fourth-order valence-corrected chi connectivity index (χ4v) is 5.85. The molecule has 1 aliphatic rings. The number of likely N-dealkylation sites (tertiary alicyclic amines) is 1. The van der Waals surface area contributed by atoms with Gasteiger partial charge in [-0.25, -0.2) is 0 Å². The van der Waals surface area contributed by atoms with Crippen molar-refractivity contribution < 1.29 is 28.6 Å². The molecule has 0 spiro atoms. The van der Waals surface area contributed by atoms with Crippen molar-refractivity contribution in [1.29, 1.82) is 0 Å². The summed E-state index contributed by atoms with van der Waals surface area (Å²) in [5, 5.41) is 2.87. The van der Waals surface area contributed by atoms with Crippen LogP contribution in [0, 0.1) is 0 Å². The number of amides is 3. The second-order valence-corrected chi connectivity index (χ2v) is 12.4. The Labute approximate surface area is 314 Å². The van der Waals surface area contributed by atoms with Gasteiger partial charge in [0.1, 0.15) is 17.2 Å². The number of hydrogen-bond donors (Lipinski definition) is 2. The Kier molecular flexibility index (Phi) is 18.6. The average Bonchev–Trinajstić information content (AvgIpc) is 3.13. The standard InChI is InChI=1S/C38H51N5O6.2ClH/c1-41(2)29-20-23-43(24-21-29)36(44)17-6-5-11-25-49-34-16-10-8-14-32(34)42(3)38(46)28-18-19-31(35(27-28)47-4)40-37(45)30-13-7-9-15-33(30)48-26-12-22-39;;/h7-10,13-16,18-19,27,29H,5-6,11-12,17,20-26,39H2,1-4H3,(H,40,45);2*1H. The van der Waals surface area contributed by atoms with Gasteiger partial charge in [0.25, 0.3) is 11.8 Å². The third-order valence-electron chi connectivity index (χ3n) is 8.81. The first-order valence-electron chi connectivity index (χ1n) is 17.1. The van der Waals surface area contributed by atoms with Crippen molar-refractivity contribution in [2.24, 2.45) is 5.73 Å². The molecule has 3 aromatic carbocycles. The van der Waals surface area contributed by atoms with Crippen molar-refractivity contribution in [3.05, 3.63) is 77.9 Å². The van der Waals surface area contributed by atoms with E-state index in [1.54, 1.807) is 49.5 Å². The number of anilines is 2. The van der Waals surface area contributed by atoms with E-state index in [2.05, 4.69) is 24.3 Å². The molecule has 51 heavy (non-hydrogen) atoms. The summed E-state index contributed by atoms with van der Waals surface area (Å²) in [6, 6.07) is 19.9. The minimum Gasteiger partial charge on any atom is -0.495 e. The molecule has 3 aromatic rings. The van der Waals surface area contributed by atoms with Gasteiger partial charge in [-0.1, -0.05) is 24.3 Å². The van der Waals surface area contributed by atoms with Gasteiger partial charge in [-0.05, 0) is 102 Å². The van der Waals surface area contributed by atoms with Crippen LogP contribution in [0.1, 0.15) is 65.7 Å². The zero-order chi connectivity index (χ0) is 35.2. The van der Waals surface area contributed by atoms with Gasteiger partial charge >= 0.3 is 0 Å². The topological polar surface area (TPSA) is 127 Å². The molecule has 4 rings (SSSR count). The maximum atomic E-state index is 13.6. The second kappa shape index (κ2) is 22.0. The van der Waals surface area contributed by atoms with E-state index >= 15 is 0 Å². The van der Waals surface area contributed by atoms with Crippen LogP contribution in [0.4, 0.5) is 11.4 Å². The average molecular weight is 747 g/mol. The highest BCUT2D eigenvalue weighted by molar-refractivity contribution is 6.09. The van der Waals surface area contributed by atoms with Crippen LogP contribution >= 0.6 is 24.8 Å². The first kappa shape index (κ1) is 43.1. The van der Waals surface area contributed by atoms with Gasteiger partial charge in [0.05, 0.1) is 37.3 Å². The van der Waals surface area contributed by atoms with Gasteiger partial charge < -0.3 is 40.0 Å². The smallest absolute Gasteiger partial charge is 0.259 e. The third kappa shape index (κ3) is 12.3. The highest BCUT2D eigenvalue weighted by atomic mass is 35.5. The van der Waals surface area contributed by atoms with Crippen molar-refractivity contribution in [3.8, 4) is 17.2 Å². The molecule has 0 aliphatic carbocycles. The van der Waals surface area contributed by atoms with Crippen LogP contribution in [0.2, 0.25) is 0 Å². The molecule has 0 aromatic heterocycles. The van der Waals surface area contributed by atoms with E-state index in [9.17, 15) is 14.4 Å². The molecule has 13 heteroatoms. The summed E-state index contributed by atoms with van der Waals surface area (Å²) in [5.74, 6) is 1.01. The number of benzene rings is 3. The largest absolute Gasteiger partial charge is 0.495 e. The Hall–Kier alpha value is -4.03. The number of para-hydroxylation sites is 3. The number of ether oxygens (including phenoxy) is 3. The molecule has 1 saturated heterocycles. The molecule has 0 radical (unpaired) electrons. The molecule has 1 heterocycles. The van der Waals surface area contributed by atoms with Crippen molar-refractivity contribution in [2.45, 2.75) is 51.0 Å². The Balaban J connectivity index is 0.00000451. The molecule has 0 bridgehead atoms. The van der Waals surface area contributed by atoms with Gasteiger partial charge in [-0.15, -0.1) is 24.8 Å². The van der Waals surface area contributed by atoms with Gasteiger partial charge in [0, 0.05) is 38.2 Å². The summed E-state index contributed by atoms with van der Waals surface area (Å²) in [6.07, 6.45) is 5.80. The summed E-state index contributed by atoms with van der Waals surface area (Å²) < 4.78 is 17.4. The molecule has 1 aliphatic heterocycles. The first-order valence-corrected chi connectivity index (χ1v) is 17.1. The number of carbonyl (C=O) groups is 3. The molecule has 0 unspecified atom stereocenters. The lowest BCUT2D eigenvalue weighted by atomic mass is 10.0. The first-order chi connectivity index (χ1) is 23.7. The Morgan fingerprint density at radius 1 is 0.824 bits per heavy atom. The van der Waals surface area contributed by atoms with Crippen LogP contribution in [0.3, 0.4) is 0 Å². The minimum atomic E-state index is -0.365. The van der Waals surface area contributed by atoms with Crippen LogP contribution in [-0.4, -0.2) is 94.7 Å². The van der Waals surface area contributed by atoms with Gasteiger partial charge in [0.15, 0.2) is 0 Å². The second-order valence-electron chi connectivity index (χ2n) is 12.4. The number of unbranched alkanes of at least 4 members (excludes halogenated alkanes) is 2.